The molecular formula is C11H16N2O4. The summed E-state index contributed by atoms with van der Waals surface area (Å²) in [5.74, 6) is -0.776. The molecule has 1 aromatic rings. The van der Waals surface area contributed by atoms with Crippen LogP contribution in [0.1, 0.15) is 36.8 Å². The van der Waals surface area contributed by atoms with E-state index in [4.69, 9.17) is 4.74 Å². The summed E-state index contributed by atoms with van der Waals surface area (Å²) in [6.45, 7) is 3.94. The van der Waals surface area contributed by atoms with E-state index in [2.05, 4.69) is 9.84 Å². The Balaban J connectivity index is 2.63. The van der Waals surface area contributed by atoms with Crippen molar-refractivity contribution in [3.63, 3.8) is 0 Å². The Bertz CT molecular complexity index is 400. The van der Waals surface area contributed by atoms with Crippen LogP contribution in [0.15, 0.2) is 12.3 Å². The van der Waals surface area contributed by atoms with Gasteiger partial charge in [-0.2, -0.15) is 5.10 Å². The number of nitrogens with zero attached hydrogens (tertiary/aromatic N) is 2. The number of aromatic nitrogens is 2. The highest BCUT2D eigenvalue weighted by Crippen LogP contribution is 2.11. The standard InChI is InChI=1S/C11H16N2O4/c1-4-17-10(14)7-8(2)13-6-5-9(12-13)11(15)16-3/h5-6,8H,4,7H2,1-3H3/t8-/m0/s1. The van der Waals surface area contributed by atoms with Gasteiger partial charge >= 0.3 is 11.9 Å². The van der Waals surface area contributed by atoms with Crippen LogP contribution in [0.5, 0.6) is 0 Å². The normalized spacial score (nSPS) is 11.9. The number of carbonyl (C=O) groups excluding carboxylic acids is 2. The van der Waals surface area contributed by atoms with E-state index in [9.17, 15) is 9.59 Å². The van der Waals surface area contributed by atoms with Gasteiger partial charge in [0.25, 0.3) is 0 Å². The van der Waals surface area contributed by atoms with Gasteiger partial charge in [0.1, 0.15) is 0 Å². The fourth-order valence-electron chi connectivity index (χ4n) is 1.35. The molecule has 0 bridgehead atoms. The maximum absolute atomic E-state index is 11.3. The third kappa shape index (κ3) is 3.58. The summed E-state index contributed by atoms with van der Waals surface area (Å²) in [7, 11) is 1.30. The zero-order valence-electron chi connectivity index (χ0n) is 10.2. The van der Waals surface area contributed by atoms with E-state index in [0.717, 1.165) is 0 Å². The van der Waals surface area contributed by atoms with Gasteiger partial charge in [0.2, 0.25) is 0 Å². The van der Waals surface area contributed by atoms with Crippen molar-refractivity contribution in [2.45, 2.75) is 26.3 Å². The van der Waals surface area contributed by atoms with Crippen LogP contribution < -0.4 is 0 Å². The lowest BCUT2D eigenvalue weighted by Gasteiger charge is -2.10. The van der Waals surface area contributed by atoms with Crippen LogP contribution in [0.2, 0.25) is 0 Å². The topological polar surface area (TPSA) is 70.4 Å². The van der Waals surface area contributed by atoms with Crippen LogP contribution in [0.3, 0.4) is 0 Å². The molecule has 1 rings (SSSR count). The number of methoxy groups -OCH3 is 1. The smallest absolute Gasteiger partial charge is 0.358 e. The first-order valence-electron chi connectivity index (χ1n) is 5.37. The number of esters is 2. The molecule has 1 heterocycles. The number of carbonyl (C=O) groups is 2. The lowest BCUT2D eigenvalue weighted by molar-refractivity contribution is -0.143. The van der Waals surface area contributed by atoms with Crippen LogP contribution in [-0.2, 0) is 14.3 Å². The number of ether oxygens (including phenoxy) is 2. The molecule has 0 saturated carbocycles. The first-order chi connectivity index (χ1) is 8.08. The second-order valence-electron chi connectivity index (χ2n) is 3.53. The zero-order valence-corrected chi connectivity index (χ0v) is 10.2. The summed E-state index contributed by atoms with van der Waals surface area (Å²) in [4.78, 5) is 22.5. The van der Waals surface area contributed by atoms with Gasteiger partial charge in [-0.1, -0.05) is 0 Å². The van der Waals surface area contributed by atoms with Crippen LogP contribution in [0.25, 0.3) is 0 Å². The Morgan fingerprint density at radius 1 is 1.53 bits per heavy atom. The van der Waals surface area contributed by atoms with Crippen LogP contribution in [0, 0.1) is 0 Å². The predicted octanol–water partition coefficient (Wildman–Crippen LogP) is 1.18. The lowest BCUT2D eigenvalue weighted by Crippen LogP contribution is -2.14. The molecule has 0 aliphatic rings. The molecule has 0 aliphatic heterocycles. The van der Waals surface area contributed by atoms with E-state index in [1.54, 1.807) is 23.9 Å². The Kier molecular flexibility index (Phi) is 4.68. The highest BCUT2D eigenvalue weighted by molar-refractivity contribution is 5.86. The molecule has 0 aromatic carbocycles. The fraction of sp³-hybridized carbons (Fsp3) is 0.545. The minimum absolute atomic E-state index is 0.160. The third-order valence-corrected chi connectivity index (χ3v) is 2.22. The van der Waals surface area contributed by atoms with E-state index in [-0.39, 0.29) is 24.1 Å². The highest BCUT2D eigenvalue weighted by atomic mass is 16.5. The van der Waals surface area contributed by atoms with Crippen molar-refractivity contribution in [2.75, 3.05) is 13.7 Å². The Labute approximate surface area is 99.5 Å². The second-order valence-corrected chi connectivity index (χ2v) is 3.53. The van der Waals surface area contributed by atoms with Gasteiger partial charge in [-0.05, 0) is 19.9 Å². The summed E-state index contributed by atoms with van der Waals surface area (Å²) >= 11 is 0. The van der Waals surface area contributed by atoms with Crippen molar-refractivity contribution in [3.8, 4) is 0 Å². The summed E-state index contributed by atoms with van der Waals surface area (Å²) < 4.78 is 10.9. The van der Waals surface area contributed by atoms with E-state index in [1.807, 2.05) is 6.92 Å². The molecule has 6 nitrogen and oxygen atoms in total. The quantitative estimate of drug-likeness (QED) is 0.723. The van der Waals surface area contributed by atoms with E-state index >= 15 is 0 Å². The SMILES string of the molecule is CCOC(=O)C[C@H](C)n1ccc(C(=O)OC)n1. The lowest BCUT2D eigenvalue weighted by atomic mass is 10.2. The maximum Gasteiger partial charge on any atom is 0.358 e. The van der Waals surface area contributed by atoms with Gasteiger partial charge in [0, 0.05) is 6.20 Å². The second kappa shape index (κ2) is 6.03. The Morgan fingerprint density at radius 3 is 2.82 bits per heavy atom. The average Bonchev–Trinajstić information content (AvgIpc) is 2.77. The molecule has 0 unspecified atom stereocenters. The van der Waals surface area contributed by atoms with Crippen molar-refractivity contribution in [1.82, 2.24) is 9.78 Å². The van der Waals surface area contributed by atoms with E-state index in [1.165, 1.54) is 7.11 Å². The van der Waals surface area contributed by atoms with E-state index in [0.29, 0.717) is 6.61 Å². The van der Waals surface area contributed by atoms with Gasteiger partial charge in [-0.25, -0.2) is 4.79 Å². The molecule has 0 spiro atoms. The maximum atomic E-state index is 11.3. The van der Waals surface area contributed by atoms with E-state index < -0.39 is 5.97 Å². The minimum atomic E-state index is -0.493. The third-order valence-electron chi connectivity index (χ3n) is 2.22. The van der Waals surface area contributed by atoms with Crippen molar-refractivity contribution >= 4 is 11.9 Å². The van der Waals surface area contributed by atoms with Crippen molar-refractivity contribution in [3.05, 3.63) is 18.0 Å². The largest absolute Gasteiger partial charge is 0.466 e. The predicted molar refractivity (Wildman–Crippen MR) is 59.5 cm³/mol. The van der Waals surface area contributed by atoms with Gasteiger partial charge in [-0.15, -0.1) is 0 Å². The highest BCUT2D eigenvalue weighted by Gasteiger charge is 2.15. The zero-order chi connectivity index (χ0) is 12.8. The Hall–Kier alpha value is -1.85. The molecule has 0 N–H and O–H groups in total. The molecule has 0 radical (unpaired) electrons. The van der Waals surface area contributed by atoms with Crippen LogP contribution >= 0.6 is 0 Å². The van der Waals surface area contributed by atoms with Crippen LogP contribution in [-0.4, -0.2) is 35.4 Å². The summed E-state index contributed by atoms with van der Waals surface area (Å²) in [5, 5.41) is 4.03. The summed E-state index contributed by atoms with van der Waals surface area (Å²) in [5.41, 5.74) is 0.225. The molecular weight excluding hydrogens is 224 g/mol. The number of hydrogen-bond acceptors (Lipinski definition) is 5. The summed E-state index contributed by atoms with van der Waals surface area (Å²) in [6, 6.07) is 1.39. The van der Waals surface area contributed by atoms with Crippen LogP contribution in [0.4, 0.5) is 0 Å². The molecule has 1 atom stereocenters. The molecule has 94 valence electrons. The monoisotopic (exact) mass is 240 g/mol. The van der Waals surface area contributed by atoms with Gasteiger partial charge in [0.05, 0.1) is 26.2 Å². The van der Waals surface area contributed by atoms with Gasteiger partial charge < -0.3 is 9.47 Å². The molecule has 0 fully saturated rings. The average molecular weight is 240 g/mol. The molecule has 17 heavy (non-hydrogen) atoms. The molecule has 0 saturated heterocycles. The molecule has 0 aliphatic carbocycles. The van der Waals surface area contributed by atoms with Crippen molar-refractivity contribution < 1.29 is 19.1 Å². The minimum Gasteiger partial charge on any atom is -0.466 e. The Morgan fingerprint density at radius 2 is 2.24 bits per heavy atom. The summed E-state index contributed by atoms with van der Waals surface area (Å²) in [6.07, 6.45) is 1.85. The molecule has 1 aromatic heterocycles. The van der Waals surface area contributed by atoms with Gasteiger partial charge in [0.15, 0.2) is 5.69 Å². The molecule has 0 amide bonds. The number of hydrogen-bond donors (Lipinski definition) is 0. The first-order valence-corrected chi connectivity index (χ1v) is 5.37. The fourth-order valence-corrected chi connectivity index (χ4v) is 1.35. The van der Waals surface area contributed by atoms with Crippen molar-refractivity contribution in [2.24, 2.45) is 0 Å². The number of rotatable bonds is 5. The van der Waals surface area contributed by atoms with Crippen molar-refractivity contribution in [1.29, 1.82) is 0 Å². The van der Waals surface area contributed by atoms with Gasteiger partial charge in [-0.3, -0.25) is 9.48 Å². The molecule has 6 heteroatoms. The first kappa shape index (κ1) is 13.2.